The first-order valence-electron chi connectivity index (χ1n) is 6.78. The van der Waals surface area contributed by atoms with E-state index in [1.807, 2.05) is 31.9 Å². The lowest BCUT2D eigenvalue weighted by Gasteiger charge is -2.16. The van der Waals surface area contributed by atoms with Crippen LogP contribution in [0.2, 0.25) is 0 Å². The summed E-state index contributed by atoms with van der Waals surface area (Å²) in [5.74, 6) is 0.877. The minimum Gasteiger partial charge on any atom is -0.361 e. The van der Waals surface area contributed by atoms with Crippen LogP contribution in [0, 0.1) is 13.8 Å². The van der Waals surface area contributed by atoms with E-state index in [1.165, 1.54) is 0 Å². The van der Waals surface area contributed by atoms with Gasteiger partial charge in [-0.25, -0.2) is 8.42 Å². The van der Waals surface area contributed by atoms with Crippen LogP contribution in [0.1, 0.15) is 17.0 Å². The molecule has 0 saturated carbocycles. The smallest absolute Gasteiger partial charge is 0.179 e. The number of rotatable bonds is 6. The Balaban J connectivity index is 1.97. The molecule has 2 rings (SSSR count). The van der Waals surface area contributed by atoms with Crippen molar-refractivity contribution in [2.75, 3.05) is 19.3 Å². The Morgan fingerprint density at radius 3 is 2.43 bits per heavy atom. The van der Waals surface area contributed by atoms with Gasteiger partial charge in [0.1, 0.15) is 5.76 Å². The van der Waals surface area contributed by atoms with E-state index < -0.39 is 9.84 Å². The lowest BCUT2D eigenvalue weighted by molar-refractivity contribution is 0.340. The minimum atomic E-state index is -3.24. The van der Waals surface area contributed by atoms with Gasteiger partial charge in [-0.1, -0.05) is 23.4 Å². The lowest BCUT2D eigenvalue weighted by atomic mass is 10.2. The molecule has 2 aromatic rings. The third kappa shape index (κ3) is 3.92. The van der Waals surface area contributed by atoms with Crippen LogP contribution >= 0.6 is 0 Å². The minimum absolute atomic E-state index is 0.0941. The number of aryl methyl sites for hydroxylation is 2. The van der Waals surface area contributed by atoms with Gasteiger partial charge in [-0.2, -0.15) is 0 Å². The Labute approximate surface area is 125 Å². The van der Waals surface area contributed by atoms with E-state index in [-0.39, 0.29) is 5.75 Å². The zero-order valence-corrected chi connectivity index (χ0v) is 13.4. The van der Waals surface area contributed by atoms with Crippen molar-refractivity contribution in [2.24, 2.45) is 0 Å². The first-order chi connectivity index (χ1) is 9.90. The lowest BCUT2D eigenvalue weighted by Crippen LogP contribution is -2.25. The highest BCUT2D eigenvalue weighted by atomic mass is 32.2. The molecule has 0 aliphatic carbocycles. The predicted molar refractivity (Wildman–Crippen MR) is 80.8 cm³/mol. The van der Waals surface area contributed by atoms with E-state index in [2.05, 4.69) is 5.16 Å². The van der Waals surface area contributed by atoms with Gasteiger partial charge in [0.05, 0.1) is 16.3 Å². The third-order valence-electron chi connectivity index (χ3n) is 3.45. The standard InChI is InChI=1S/C15H20N2O3S/c1-12-15(13(2)20-16-12)11-17(3)9-10-21(18,19)14-7-5-4-6-8-14/h4-8H,9-11H2,1-3H3. The van der Waals surface area contributed by atoms with Crippen molar-refractivity contribution in [3.63, 3.8) is 0 Å². The Hall–Kier alpha value is -1.66. The van der Waals surface area contributed by atoms with Crippen LogP contribution in [0.3, 0.4) is 0 Å². The summed E-state index contributed by atoms with van der Waals surface area (Å²) in [4.78, 5) is 2.34. The second kappa shape index (κ2) is 6.41. The van der Waals surface area contributed by atoms with Crippen molar-refractivity contribution in [3.05, 3.63) is 47.3 Å². The Morgan fingerprint density at radius 2 is 1.86 bits per heavy atom. The van der Waals surface area contributed by atoms with Gasteiger partial charge in [0.15, 0.2) is 9.84 Å². The van der Waals surface area contributed by atoms with Gasteiger partial charge in [0, 0.05) is 18.7 Å². The molecule has 0 aliphatic rings. The quantitative estimate of drug-likeness (QED) is 0.818. The summed E-state index contributed by atoms with van der Waals surface area (Å²) in [6.45, 7) is 4.84. The summed E-state index contributed by atoms with van der Waals surface area (Å²) in [5.41, 5.74) is 1.87. The van der Waals surface area contributed by atoms with Crippen molar-refractivity contribution in [2.45, 2.75) is 25.3 Å². The van der Waals surface area contributed by atoms with Crippen molar-refractivity contribution in [3.8, 4) is 0 Å². The maximum atomic E-state index is 12.2. The molecule has 114 valence electrons. The van der Waals surface area contributed by atoms with Crippen LogP contribution in [0.4, 0.5) is 0 Å². The highest BCUT2D eigenvalue weighted by Crippen LogP contribution is 2.15. The van der Waals surface area contributed by atoms with E-state index >= 15 is 0 Å². The molecule has 0 N–H and O–H groups in total. The molecular weight excluding hydrogens is 288 g/mol. The fourth-order valence-electron chi connectivity index (χ4n) is 2.10. The van der Waals surface area contributed by atoms with Crippen LogP contribution in [0.15, 0.2) is 39.8 Å². The molecule has 0 radical (unpaired) electrons. The number of benzene rings is 1. The van der Waals surface area contributed by atoms with Crippen molar-refractivity contribution >= 4 is 9.84 Å². The molecule has 0 fully saturated rings. The topological polar surface area (TPSA) is 63.4 Å². The fourth-order valence-corrected chi connectivity index (χ4v) is 3.46. The predicted octanol–water partition coefficient (Wildman–Crippen LogP) is 2.20. The molecule has 6 heteroatoms. The molecule has 5 nitrogen and oxygen atoms in total. The van der Waals surface area contributed by atoms with E-state index in [0.29, 0.717) is 18.0 Å². The van der Waals surface area contributed by atoms with Gasteiger partial charge in [-0.3, -0.25) is 0 Å². The number of hydrogen-bond donors (Lipinski definition) is 0. The maximum absolute atomic E-state index is 12.2. The van der Waals surface area contributed by atoms with Crippen LogP contribution < -0.4 is 0 Å². The molecule has 0 atom stereocenters. The molecule has 1 aromatic heterocycles. The average molecular weight is 308 g/mol. The summed E-state index contributed by atoms with van der Waals surface area (Å²) >= 11 is 0. The molecule has 0 saturated heterocycles. The highest BCUT2D eigenvalue weighted by molar-refractivity contribution is 7.91. The van der Waals surface area contributed by atoms with E-state index in [4.69, 9.17) is 4.52 Å². The number of hydrogen-bond acceptors (Lipinski definition) is 5. The zero-order chi connectivity index (χ0) is 15.5. The second-order valence-electron chi connectivity index (χ2n) is 5.17. The first-order valence-corrected chi connectivity index (χ1v) is 8.43. The Morgan fingerprint density at radius 1 is 1.19 bits per heavy atom. The summed E-state index contributed by atoms with van der Waals surface area (Å²) in [5, 5.41) is 3.91. The number of sulfone groups is 1. The Bertz CT molecular complexity index is 673. The SMILES string of the molecule is Cc1noc(C)c1CN(C)CCS(=O)(=O)c1ccccc1. The molecular formula is C15H20N2O3S. The third-order valence-corrected chi connectivity index (χ3v) is 5.16. The van der Waals surface area contributed by atoms with Gasteiger partial charge < -0.3 is 9.42 Å². The summed E-state index contributed by atoms with van der Waals surface area (Å²) in [6.07, 6.45) is 0. The van der Waals surface area contributed by atoms with Crippen molar-refractivity contribution in [1.82, 2.24) is 10.1 Å². The molecule has 0 aliphatic heterocycles. The van der Waals surface area contributed by atoms with Gasteiger partial charge in [-0.15, -0.1) is 0 Å². The average Bonchev–Trinajstić information content (AvgIpc) is 2.78. The number of aromatic nitrogens is 1. The maximum Gasteiger partial charge on any atom is 0.179 e. The van der Waals surface area contributed by atoms with Crippen LogP contribution in [0.25, 0.3) is 0 Å². The van der Waals surface area contributed by atoms with Gasteiger partial charge in [-0.05, 0) is 33.0 Å². The van der Waals surface area contributed by atoms with E-state index in [0.717, 1.165) is 17.0 Å². The molecule has 1 aromatic carbocycles. The van der Waals surface area contributed by atoms with Gasteiger partial charge in [0.2, 0.25) is 0 Å². The fraction of sp³-hybridized carbons (Fsp3) is 0.400. The largest absolute Gasteiger partial charge is 0.361 e. The molecule has 0 bridgehead atoms. The number of nitrogens with zero attached hydrogens (tertiary/aromatic N) is 2. The summed E-state index contributed by atoms with van der Waals surface area (Å²) in [7, 11) is -1.34. The van der Waals surface area contributed by atoms with E-state index in [9.17, 15) is 8.42 Å². The van der Waals surface area contributed by atoms with Crippen molar-refractivity contribution in [1.29, 1.82) is 0 Å². The zero-order valence-electron chi connectivity index (χ0n) is 12.5. The van der Waals surface area contributed by atoms with Crippen LogP contribution in [-0.2, 0) is 16.4 Å². The molecule has 0 unspecified atom stereocenters. The molecule has 0 spiro atoms. The van der Waals surface area contributed by atoms with Crippen molar-refractivity contribution < 1.29 is 12.9 Å². The summed E-state index contributed by atoms with van der Waals surface area (Å²) < 4.78 is 29.5. The molecule has 1 heterocycles. The second-order valence-corrected chi connectivity index (χ2v) is 7.28. The summed E-state index contributed by atoms with van der Waals surface area (Å²) in [6, 6.07) is 8.54. The first kappa shape index (κ1) is 15.7. The monoisotopic (exact) mass is 308 g/mol. The molecule has 0 amide bonds. The van der Waals surface area contributed by atoms with Crippen LogP contribution in [0.5, 0.6) is 0 Å². The van der Waals surface area contributed by atoms with Crippen LogP contribution in [-0.4, -0.2) is 37.8 Å². The van der Waals surface area contributed by atoms with Gasteiger partial charge in [0.25, 0.3) is 0 Å². The normalized spacial score (nSPS) is 12.0. The molecule has 21 heavy (non-hydrogen) atoms. The highest BCUT2D eigenvalue weighted by Gasteiger charge is 2.16. The van der Waals surface area contributed by atoms with E-state index in [1.54, 1.807) is 24.3 Å². The Kier molecular flexibility index (Phi) is 4.80. The van der Waals surface area contributed by atoms with Gasteiger partial charge >= 0.3 is 0 Å².